The van der Waals surface area contributed by atoms with Crippen LogP contribution in [0, 0.1) is 0 Å². The monoisotopic (exact) mass is 442 g/mol. The fourth-order valence-electron chi connectivity index (χ4n) is 4.57. The third kappa shape index (κ3) is 3.66. The molecule has 0 saturated carbocycles. The minimum Gasteiger partial charge on any atom is -0.454 e. The number of aromatic nitrogens is 1. The molecule has 0 radical (unpaired) electrons. The van der Waals surface area contributed by atoms with Gasteiger partial charge in [0.25, 0.3) is 0 Å². The van der Waals surface area contributed by atoms with E-state index in [2.05, 4.69) is 17.1 Å². The van der Waals surface area contributed by atoms with E-state index in [1.165, 1.54) is 10.9 Å². The van der Waals surface area contributed by atoms with Crippen LogP contribution in [0.3, 0.4) is 0 Å². The summed E-state index contributed by atoms with van der Waals surface area (Å²) in [5.74, 6) is 1.39. The number of aromatic amines is 1. The van der Waals surface area contributed by atoms with Crippen LogP contribution in [0.5, 0.6) is 11.5 Å². The summed E-state index contributed by atoms with van der Waals surface area (Å²) < 4.78 is 16.5. The molecule has 7 nitrogen and oxygen atoms in total. The quantitative estimate of drug-likeness (QED) is 0.443. The minimum absolute atomic E-state index is 0.153. The van der Waals surface area contributed by atoms with Crippen molar-refractivity contribution in [3.8, 4) is 11.5 Å². The first kappa shape index (κ1) is 19.7. The molecule has 0 bridgehead atoms. The lowest BCUT2D eigenvalue weighted by atomic mass is 9.93. The first-order valence-electron chi connectivity index (χ1n) is 10.9. The maximum atomic E-state index is 12.6. The largest absolute Gasteiger partial charge is 0.528 e. The van der Waals surface area contributed by atoms with Crippen LogP contribution < -0.4 is 9.47 Å². The van der Waals surface area contributed by atoms with Crippen LogP contribution in [0.15, 0.2) is 72.8 Å². The molecule has 0 amide bonds. The van der Waals surface area contributed by atoms with Gasteiger partial charge in [0.1, 0.15) is 12.6 Å². The Morgan fingerprint density at radius 2 is 1.82 bits per heavy atom. The number of nitrogens with zero attached hydrogens (tertiary/aromatic N) is 1. The fourth-order valence-corrected chi connectivity index (χ4v) is 4.57. The van der Waals surface area contributed by atoms with Crippen molar-refractivity contribution >= 4 is 17.1 Å². The van der Waals surface area contributed by atoms with Crippen molar-refractivity contribution in [2.24, 2.45) is 0 Å². The van der Waals surface area contributed by atoms with Gasteiger partial charge in [-0.3, -0.25) is 0 Å². The van der Waals surface area contributed by atoms with Gasteiger partial charge in [-0.2, -0.15) is 0 Å². The van der Waals surface area contributed by atoms with Gasteiger partial charge in [-0.1, -0.05) is 54.6 Å². The highest BCUT2D eigenvalue weighted by atomic mass is 16.8. The summed E-state index contributed by atoms with van der Waals surface area (Å²) in [5.41, 5.74) is 5.12. The molecule has 7 heteroatoms. The zero-order valence-electron chi connectivity index (χ0n) is 17.8. The molecule has 0 aliphatic carbocycles. The molecule has 0 saturated heterocycles. The fraction of sp³-hybridized carbons (Fsp3) is 0.192. The number of ether oxygens (including phenoxy) is 3. The minimum atomic E-state index is -0.732. The van der Waals surface area contributed by atoms with Crippen molar-refractivity contribution in [1.82, 2.24) is 10.0 Å². The predicted octanol–water partition coefficient (Wildman–Crippen LogP) is 5.11. The van der Waals surface area contributed by atoms with Gasteiger partial charge in [-0.15, -0.1) is 5.06 Å². The Labute approximate surface area is 190 Å². The molecule has 33 heavy (non-hydrogen) atoms. The second-order valence-electron chi connectivity index (χ2n) is 8.08. The first-order chi connectivity index (χ1) is 16.3. The van der Waals surface area contributed by atoms with Crippen molar-refractivity contribution < 1.29 is 23.8 Å². The SMILES string of the molecule is O=C(OCc1ccccc1)ON1CCc2c([nH]c3ccccc23)[C@H]1c1ccc2c(c1)OCO2. The van der Waals surface area contributed by atoms with E-state index >= 15 is 0 Å². The van der Waals surface area contributed by atoms with Gasteiger partial charge < -0.3 is 24.0 Å². The second kappa shape index (κ2) is 8.18. The Balaban J connectivity index is 1.32. The number of H-pyrrole nitrogens is 1. The van der Waals surface area contributed by atoms with Crippen LogP contribution in [-0.2, 0) is 22.6 Å². The highest BCUT2D eigenvalue weighted by molar-refractivity contribution is 5.85. The van der Waals surface area contributed by atoms with Crippen LogP contribution >= 0.6 is 0 Å². The number of benzene rings is 3. The van der Waals surface area contributed by atoms with E-state index in [0.29, 0.717) is 18.0 Å². The zero-order chi connectivity index (χ0) is 22.2. The molecule has 4 aromatic rings. The summed E-state index contributed by atoms with van der Waals surface area (Å²) >= 11 is 0. The third-order valence-corrected chi connectivity index (χ3v) is 6.09. The summed E-state index contributed by atoms with van der Waals surface area (Å²) in [6.07, 6.45) is 0.0102. The Kier molecular flexibility index (Phi) is 4.88. The summed E-state index contributed by atoms with van der Waals surface area (Å²) in [6, 6.07) is 23.2. The lowest BCUT2D eigenvalue weighted by Crippen LogP contribution is -2.38. The van der Waals surface area contributed by atoms with Gasteiger partial charge in [0, 0.05) is 23.1 Å². The van der Waals surface area contributed by atoms with Crippen LogP contribution in [0.1, 0.15) is 28.4 Å². The smallest absolute Gasteiger partial charge is 0.454 e. The number of para-hydroxylation sites is 1. The van der Waals surface area contributed by atoms with Crippen molar-refractivity contribution in [1.29, 1.82) is 0 Å². The zero-order valence-corrected chi connectivity index (χ0v) is 17.8. The molecule has 6 rings (SSSR count). The number of nitrogens with one attached hydrogen (secondary N) is 1. The number of fused-ring (bicyclic) bond motifs is 4. The van der Waals surface area contributed by atoms with E-state index in [1.807, 2.05) is 60.7 Å². The highest BCUT2D eigenvalue weighted by Crippen LogP contribution is 2.42. The van der Waals surface area contributed by atoms with Crippen molar-refractivity contribution in [3.05, 3.63) is 95.2 Å². The van der Waals surface area contributed by atoms with Gasteiger partial charge in [-0.25, -0.2) is 4.79 Å². The molecule has 2 aliphatic heterocycles. The lowest BCUT2D eigenvalue weighted by Gasteiger charge is -2.33. The summed E-state index contributed by atoms with van der Waals surface area (Å²) in [5, 5.41) is 2.87. The second-order valence-corrected chi connectivity index (χ2v) is 8.08. The first-order valence-corrected chi connectivity index (χ1v) is 10.9. The van der Waals surface area contributed by atoms with Crippen molar-refractivity contribution in [3.63, 3.8) is 0 Å². The molecule has 3 aromatic carbocycles. The van der Waals surface area contributed by atoms with E-state index < -0.39 is 6.16 Å². The number of carbonyl (C=O) groups excluding carboxylic acids is 1. The molecule has 0 unspecified atom stereocenters. The van der Waals surface area contributed by atoms with Crippen LogP contribution in [0.2, 0.25) is 0 Å². The van der Waals surface area contributed by atoms with E-state index in [4.69, 9.17) is 19.0 Å². The number of rotatable bonds is 4. The van der Waals surface area contributed by atoms with E-state index in [-0.39, 0.29) is 19.4 Å². The molecule has 1 atom stereocenters. The lowest BCUT2D eigenvalue weighted by molar-refractivity contribution is -0.152. The Hall–Kier alpha value is -3.97. The summed E-state index contributed by atoms with van der Waals surface area (Å²) in [4.78, 5) is 21.9. The molecule has 166 valence electrons. The van der Waals surface area contributed by atoms with Gasteiger partial charge >= 0.3 is 6.16 Å². The van der Waals surface area contributed by atoms with Crippen LogP contribution in [-0.4, -0.2) is 29.5 Å². The molecule has 3 heterocycles. The summed E-state index contributed by atoms with van der Waals surface area (Å²) in [7, 11) is 0. The predicted molar refractivity (Wildman–Crippen MR) is 121 cm³/mol. The molecular formula is C26H22N2O5. The molecule has 2 aliphatic rings. The maximum Gasteiger partial charge on any atom is 0.528 e. The average Bonchev–Trinajstić information content (AvgIpc) is 3.47. The van der Waals surface area contributed by atoms with Gasteiger partial charge in [0.15, 0.2) is 11.5 Å². The molecular weight excluding hydrogens is 420 g/mol. The van der Waals surface area contributed by atoms with Crippen molar-refractivity contribution in [2.45, 2.75) is 19.1 Å². The normalized spacial score (nSPS) is 17.0. The standard InChI is InChI=1S/C26H22N2O5/c29-26(30-15-17-6-2-1-3-7-17)33-28-13-12-20-19-8-4-5-9-21(19)27-24(20)25(28)18-10-11-22-23(14-18)32-16-31-22/h1-11,14,25,27H,12-13,15-16H2/t25-/m1/s1. The average molecular weight is 442 g/mol. The third-order valence-electron chi connectivity index (χ3n) is 6.09. The van der Waals surface area contributed by atoms with E-state index in [1.54, 1.807) is 5.06 Å². The Morgan fingerprint density at radius 1 is 1.00 bits per heavy atom. The number of hydrogen-bond acceptors (Lipinski definition) is 6. The Morgan fingerprint density at radius 3 is 2.73 bits per heavy atom. The number of hydroxylamine groups is 2. The highest BCUT2D eigenvalue weighted by Gasteiger charge is 2.35. The topological polar surface area (TPSA) is 73.0 Å². The number of hydrogen-bond donors (Lipinski definition) is 1. The Bertz CT molecular complexity index is 1320. The molecule has 1 aromatic heterocycles. The molecule has 0 fully saturated rings. The van der Waals surface area contributed by atoms with E-state index in [0.717, 1.165) is 28.8 Å². The van der Waals surface area contributed by atoms with Crippen LogP contribution in [0.25, 0.3) is 10.9 Å². The van der Waals surface area contributed by atoms with Crippen molar-refractivity contribution in [2.75, 3.05) is 13.3 Å². The number of carbonyl (C=O) groups is 1. The van der Waals surface area contributed by atoms with Crippen LogP contribution in [0.4, 0.5) is 4.79 Å². The maximum absolute atomic E-state index is 12.6. The van der Waals surface area contributed by atoms with E-state index in [9.17, 15) is 4.79 Å². The molecule has 0 spiro atoms. The van der Waals surface area contributed by atoms with Gasteiger partial charge in [0.05, 0.1) is 0 Å². The molecule has 1 N–H and O–H groups in total. The summed E-state index contributed by atoms with van der Waals surface area (Å²) in [6.45, 7) is 0.890. The van der Waals surface area contributed by atoms with Gasteiger partial charge in [0.2, 0.25) is 6.79 Å². The van der Waals surface area contributed by atoms with Gasteiger partial charge in [-0.05, 0) is 41.3 Å².